The van der Waals surface area contributed by atoms with E-state index in [1.54, 1.807) is 0 Å². The Morgan fingerprint density at radius 2 is 1.94 bits per heavy atom. The van der Waals surface area contributed by atoms with Crippen LogP contribution in [0, 0.1) is 0 Å². The summed E-state index contributed by atoms with van der Waals surface area (Å²) in [5.74, 6) is -3.14. The van der Waals surface area contributed by atoms with Gasteiger partial charge in [-0.1, -0.05) is 17.7 Å². The van der Waals surface area contributed by atoms with Crippen LogP contribution in [0.25, 0.3) is 0 Å². The number of cyclic esters (lactones) is 2. The van der Waals surface area contributed by atoms with Gasteiger partial charge in [0.25, 0.3) is 0 Å². The predicted molar refractivity (Wildman–Crippen MR) is 54.9 cm³/mol. The van der Waals surface area contributed by atoms with E-state index in [4.69, 9.17) is 11.6 Å². The minimum absolute atomic E-state index is 0.207. The molecule has 1 fully saturated rings. The molecule has 1 aliphatic heterocycles. The zero-order valence-corrected chi connectivity index (χ0v) is 9.51. The summed E-state index contributed by atoms with van der Waals surface area (Å²) in [6.45, 7) is 0. The molecule has 0 saturated carbocycles. The topological polar surface area (TPSA) is 43.4 Å². The predicted octanol–water partition coefficient (Wildman–Crippen LogP) is 2.92. The first kappa shape index (κ1) is 12.9. The Hall–Kier alpha value is -1.56. The first-order valence-electron chi connectivity index (χ1n) is 4.91. The highest BCUT2D eigenvalue weighted by molar-refractivity contribution is 6.32. The van der Waals surface area contributed by atoms with Gasteiger partial charge in [-0.15, -0.1) is 0 Å². The first-order valence-corrected chi connectivity index (χ1v) is 5.28. The van der Waals surface area contributed by atoms with Crippen molar-refractivity contribution in [3.63, 3.8) is 0 Å². The van der Waals surface area contributed by atoms with E-state index in [1.807, 2.05) is 0 Å². The van der Waals surface area contributed by atoms with E-state index in [0.29, 0.717) is 0 Å². The van der Waals surface area contributed by atoms with Crippen LogP contribution in [-0.4, -0.2) is 11.9 Å². The van der Waals surface area contributed by atoms with Crippen LogP contribution in [0.15, 0.2) is 18.2 Å². The van der Waals surface area contributed by atoms with Gasteiger partial charge in [0.05, 0.1) is 17.9 Å². The minimum Gasteiger partial charge on any atom is -0.393 e. The minimum atomic E-state index is -4.65. The Bertz CT molecular complexity index is 525. The molecule has 1 saturated heterocycles. The summed E-state index contributed by atoms with van der Waals surface area (Å²) in [6.07, 6.45) is -5.07. The van der Waals surface area contributed by atoms with Gasteiger partial charge in [0.15, 0.2) is 0 Å². The Balaban J connectivity index is 2.56. The largest absolute Gasteiger partial charge is 0.416 e. The summed E-state index contributed by atoms with van der Waals surface area (Å²) in [5, 5.41) is -0.207. The van der Waals surface area contributed by atoms with Crippen LogP contribution in [-0.2, 0) is 20.5 Å². The van der Waals surface area contributed by atoms with Gasteiger partial charge >= 0.3 is 18.1 Å². The number of alkyl halides is 3. The molecule has 7 heteroatoms. The van der Waals surface area contributed by atoms with Gasteiger partial charge in [-0.05, 0) is 17.7 Å². The van der Waals surface area contributed by atoms with Crippen LogP contribution in [0.3, 0.4) is 0 Å². The average molecular weight is 279 g/mol. The quantitative estimate of drug-likeness (QED) is 0.586. The summed E-state index contributed by atoms with van der Waals surface area (Å²) in [5.41, 5.74) is -1.42. The van der Waals surface area contributed by atoms with Gasteiger partial charge in [0, 0.05) is 5.02 Å². The van der Waals surface area contributed by atoms with Crippen molar-refractivity contribution >= 4 is 23.5 Å². The molecule has 0 aromatic heterocycles. The third-order valence-electron chi connectivity index (χ3n) is 2.58. The summed E-state index contributed by atoms with van der Waals surface area (Å²) in [4.78, 5) is 22.3. The number of ether oxygens (including phenoxy) is 1. The van der Waals surface area contributed by atoms with Crippen molar-refractivity contribution in [2.24, 2.45) is 0 Å². The second-order valence-corrected chi connectivity index (χ2v) is 4.16. The highest BCUT2D eigenvalue weighted by atomic mass is 35.5. The van der Waals surface area contributed by atoms with Crippen LogP contribution in [0.2, 0.25) is 5.02 Å². The third-order valence-corrected chi connectivity index (χ3v) is 2.91. The molecule has 0 amide bonds. The molecule has 1 atom stereocenters. The van der Waals surface area contributed by atoms with Crippen molar-refractivity contribution in [2.75, 3.05) is 0 Å². The van der Waals surface area contributed by atoms with Gasteiger partial charge in [-0.3, -0.25) is 9.59 Å². The highest BCUT2D eigenvalue weighted by Crippen LogP contribution is 2.41. The number of rotatable bonds is 1. The van der Waals surface area contributed by atoms with Gasteiger partial charge in [-0.2, -0.15) is 13.2 Å². The van der Waals surface area contributed by atoms with Crippen molar-refractivity contribution in [2.45, 2.75) is 18.5 Å². The van der Waals surface area contributed by atoms with E-state index in [9.17, 15) is 22.8 Å². The van der Waals surface area contributed by atoms with Gasteiger partial charge in [-0.25, -0.2) is 0 Å². The smallest absolute Gasteiger partial charge is 0.393 e. The second-order valence-electron chi connectivity index (χ2n) is 3.75. The van der Waals surface area contributed by atoms with Gasteiger partial charge in [0.1, 0.15) is 0 Å². The van der Waals surface area contributed by atoms with Gasteiger partial charge in [0.2, 0.25) is 0 Å². The van der Waals surface area contributed by atoms with Crippen LogP contribution < -0.4 is 0 Å². The Morgan fingerprint density at radius 3 is 2.44 bits per heavy atom. The lowest BCUT2D eigenvalue weighted by atomic mass is 9.92. The first-order chi connectivity index (χ1) is 8.30. The Kier molecular flexibility index (Phi) is 3.06. The molecule has 0 spiro atoms. The van der Waals surface area contributed by atoms with E-state index >= 15 is 0 Å². The fourth-order valence-corrected chi connectivity index (χ4v) is 2.14. The lowest BCUT2D eigenvalue weighted by Crippen LogP contribution is -2.15. The maximum absolute atomic E-state index is 12.8. The Morgan fingerprint density at radius 1 is 1.28 bits per heavy atom. The fourth-order valence-electron chi connectivity index (χ4n) is 1.83. The molecule has 1 aromatic rings. The van der Waals surface area contributed by atoms with E-state index in [0.717, 1.165) is 12.1 Å². The molecule has 0 bridgehead atoms. The molecule has 96 valence electrons. The molecule has 2 rings (SSSR count). The van der Waals surface area contributed by atoms with Crippen LogP contribution in [0.4, 0.5) is 13.2 Å². The van der Waals surface area contributed by atoms with Crippen LogP contribution in [0.1, 0.15) is 23.5 Å². The number of hydrogen-bond acceptors (Lipinski definition) is 3. The zero-order valence-electron chi connectivity index (χ0n) is 8.75. The van der Waals surface area contributed by atoms with Crippen molar-refractivity contribution < 1.29 is 27.5 Å². The number of benzene rings is 1. The molecule has 0 aliphatic carbocycles. The molecule has 0 N–H and O–H groups in total. The summed E-state index contributed by atoms with van der Waals surface area (Å²) in [6, 6.07) is 3.19. The molecular formula is C11H6ClF3O3. The van der Waals surface area contributed by atoms with E-state index in [2.05, 4.69) is 4.74 Å². The van der Waals surface area contributed by atoms with Crippen molar-refractivity contribution in [1.29, 1.82) is 0 Å². The molecule has 1 aliphatic rings. The van der Waals surface area contributed by atoms with E-state index in [-0.39, 0.29) is 5.02 Å². The maximum atomic E-state index is 12.8. The summed E-state index contributed by atoms with van der Waals surface area (Å²) < 4.78 is 42.7. The van der Waals surface area contributed by atoms with Crippen molar-refractivity contribution in [1.82, 2.24) is 0 Å². The zero-order chi connectivity index (χ0) is 13.5. The molecule has 1 unspecified atom stereocenters. The number of esters is 2. The molecule has 3 nitrogen and oxygen atoms in total. The monoisotopic (exact) mass is 278 g/mol. The fraction of sp³-hybridized carbons (Fsp3) is 0.273. The van der Waals surface area contributed by atoms with E-state index < -0.39 is 41.6 Å². The number of carbonyl (C=O) groups is 2. The molecule has 0 radical (unpaired) electrons. The molecule has 1 heterocycles. The molecular weight excluding hydrogens is 273 g/mol. The molecule has 1 aromatic carbocycles. The maximum Gasteiger partial charge on any atom is 0.416 e. The van der Waals surface area contributed by atoms with Crippen molar-refractivity contribution in [3.8, 4) is 0 Å². The standard InChI is InChI=1S/C11H6ClF3O3/c12-7-3-1-2-6(11(13,14)15)9(7)5-4-8(16)18-10(5)17/h1-3,5H,4H2. The Labute approximate surface area is 104 Å². The van der Waals surface area contributed by atoms with Crippen LogP contribution in [0.5, 0.6) is 0 Å². The number of halogens is 4. The number of carbonyl (C=O) groups excluding carboxylic acids is 2. The van der Waals surface area contributed by atoms with Crippen LogP contribution >= 0.6 is 11.6 Å². The van der Waals surface area contributed by atoms with Gasteiger partial charge < -0.3 is 4.74 Å². The summed E-state index contributed by atoms with van der Waals surface area (Å²) in [7, 11) is 0. The lowest BCUT2D eigenvalue weighted by molar-refractivity contribution is -0.152. The lowest BCUT2D eigenvalue weighted by Gasteiger charge is -2.16. The summed E-state index contributed by atoms with van der Waals surface area (Å²) >= 11 is 5.71. The van der Waals surface area contributed by atoms with Crippen molar-refractivity contribution in [3.05, 3.63) is 34.3 Å². The molecule has 18 heavy (non-hydrogen) atoms. The third kappa shape index (κ3) is 2.20. The second kappa shape index (κ2) is 4.28. The number of hydrogen-bond donors (Lipinski definition) is 0. The highest BCUT2D eigenvalue weighted by Gasteiger charge is 2.42. The van der Waals surface area contributed by atoms with E-state index in [1.165, 1.54) is 6.07 Å². The average Bonchev–Trinajstić information content (AvgIpc) is 2.56. The SMILES string of the molecule is O=C1CC(c2c(Cl)cccc2C(F)(F)F)C(=O)O1. The normalized spacial score (nSPS) is 20.1.